The largest absolute Gasteiger partial charge is 0.481 e. The molecule has 0 spiro atoms. The van der Waals surface area contributed by atoms with Gasteiger partial charge in [-0.05, 0) is 5.56 Å². The second kappa shape index (κ2) is 5.93. The third kappa shape index (κ3) is 3.15. The number of carboxylic acids is 1. The molecule has 0 radical (unpaired) electrons. The molecular formula is C11H9F2NO4. The van der Waals surface area contributed by atoms with Crippen LogP contribution in [-0.4, -0.2) is 22.8 Å². The highest BCUT2D eigenvalue weighted by Crippen LogP contribution is 2.29. The van der Waals surface area contributed by atoms with Gasteiger partial charge in [0.25, 0.3) is 0 Å². The highest BCUT2D eigenvalue weighted by atomic mass is 19.3. The second-order valence-corrected chi connectivity index (χ2v) is 3.31. The maximum Gasteiger partial charge on any atom is 0.387 e. The predicted octanol–water partition coefficient (Wildman–Crippen LogP) is 1.28. The molecule has 0 saturated heterocycles. The first-order valence-electron chi connectivity index (χ1n) is 4.82. The first kappa shape index (κ1) is 13.9. The molecule has 0 fully saturated rings. The van der Waals surface area contributed by atoms with Crippen LogP contribution in [0.1, 0.15) is 16.7 Å². The number of nitriles is 1. The molecule has 0 heterocycles. The number of hydrogen-bond donors (Lipinski definition) is 2. The average Bonchev–Trinajstić information content (AvgIpc) is 2.28. The van der Waals surface area contributed by atoms with Crippen molar-refractivity contribution in [2.75, 3.05) is 0 Å². The van der Waals surface area contributed by atoms with E-state index in [-0.39, 0.29) is 16.7 Å². The van der Waals surface area contributed by atoms with Crippen LogP contribution in [0, 0.1) is 11.3 Å². The third-order valence-electron chi connectivity index (χ3n) is 2.16. The fraction of sp³-hybridized carbons (Fsp3) is 0.273. The Hall–Kier alpha value is -2.20. The van der Waals surface area contributed by atoms with Gasteiger partial charge in [0.05, 0.1) is 18.6 Å². The Morgan fingerprint density at radius 1 is 1.44 bits per heavy atom. The first-order valence-corrected chi connectivity index (χ1v) is 4.82. The van der Waals surface area contributed by atoms with Crippen molar-refractivity contribution >= 4 is 5.97 Å². The zero-order valence-corrected chi connectivity index (χ0v) is 9.06. The fourth-order valence-electron chi connectivity index (χ4n) is 1.45. The van der Waals surface area contributed by atoms with E-state index in [1.54, 1.807) is 6.07 Å². The van der Waals surface area contributed by atoms with Gasteiger partial charge in [-0.15, -0.1) is 0 Å². The summed E-state index contributed by atoms with van der Waals surface area (Å²) in [6, 6.07) is 4.15. The van der Waals surface area contributed by atoms with E-state index < -0.39 is 31.4 Å². The molecule has 0 atom stereocenters. The smallest absolute Gasteiger partial charge is 0.387 e. The summed E-state index contributed by atoms with van der Waals surface area (Å²) in [4.78, 5) is 10.6. The molecule has 0 unspecified atom stereocenters. The van der Waals surface area contributed by atoms with E-state index >= 15 is 0 Å². The summed E-state index contributed by atoms with van der Waals surface area (Å²) in [6.07, 6.45) is -0.492. The van der Waals surface area contributed by atoms with Gasteiger partial charge in [-0.2, -0.15) is 14.0 Å². The second-order valence-electron chi connectivity index (χ2n) is 3.31. The lowest BCUT2D eigenvalue weighted by Crippen LogP contribution is -2.10. The minimum Gasteiger partial charge on any atom is -0.481 e. The van der Waals surface area contributed by atoms with E-state index in [4.69, 9.17) is 15.5 Å². The lowest BCUT2D eigenvalue weighted by molar-refractivity contribution is -0.136. The number of aliphatic hydroxyl groups excluding tert-OH is 1. The molecule has 1 aromatic carbocycles. The molecule has 0 amide bonds. The van der Waals surface area contributed by atoms with Crippen LogP contribution in [-0.2, 0) is 17.8 Å². The number of alkyl halides is 2. The molecule has 2 N–H and O–H groups in total. The Labute approximate surface area is 101 Å². The maximum atomic E-state index is 12.2. The van der Waals surface area contributed by atoms with Gasteiger partial charge in [-0.1, -0.05) is 12.1 Å². The van der Waals surface area contributed by atoms with Crippen LogP contribution in [0.5, 0.6) is 5.75 Å². The van der Waals surface area contributed by atoms with Crippen molar-refractivity contribution in [3.63, 3.8) is 0 Å². The number of aliphatic hydroxyl groups is 1. The van der Waals surface area contributed by atoms with Gasteiger partial charge in [0.2, 0.25) is 0 Å². The molecule has 0 aliphatic rings. The van der Waals surface area contributed by atoms with E-state index in [1.165, 1.54) is 12.1 Å². The standard InChI is InChI=1S/C11H9F2NO4/c12-11(13)18-10-7(5-15)2-1-6(3-9(16)17)8(10)4-14/h1-2,11,15H,3,5H2,(H,16,17). The minimum absolute atomic E-state index is 0.000916. The molecule has 0 bridgehead atoms. The number of carboxylic acid groups (broad SMARTS) is 1. The van der Waals surface area contributed by atoms with Crippen molar-refractivity contribution in [3.05, 3.63) is 28.8 Å². The molecule has 18 heavy (non-hydrogen) atoms. The number of benzene rings is 1. The normalized spacial score (nSPS) is 10.2. The summed E-state index contributed by atoms with van der Waals surface area (Å²) < 4.78 is 28.6. The van der Waals surface area contributed by atoms with Crippen LogP contribution in [0.2, 0.25) is 0 Å². The highest BCUT2D eigenvalue weighted by Gasteiger charge is 2.19. The quantitative estimate of drug-likeness (QED) is 0.829. The molecule has 7 heteroatoms. The van der Waals surface area contributed by atoms with Crippen molar-refractivity contribution in [3.8, 4) is 11.8 Å². The molecular weight excluding hydrogens is 248 g/mol. The number of aliphatic carboxylic acids is 1. The fourth-order valence-corrected chi connectivity index (χ4v) is 1.45. The van der Waals surface area contributed by atoms with Crippen LogP contribution in [0.4, 0.5) is 8.78 Å². The Bertz CT molecular complexity index is 497. The molecule has 0 saturated carbocycles. The van der Waals surface area contributed by atoms with E-state index in [0.717, 1.165) is 0 Å². The summed E-state index contributed by atoms with van der Waals surface area (Å²) in [7, 11) is 0. The van der Waals surface area contributed by atoms with Crippen LogP contribution in [0.25, 0.3) is 0 Å². The summed E-state index contributed by atoms with van der Waals surface area (Å²) in [6.45, 7) is -3.76. The Kier molecular flexibility index (Phi) is 4.57. The summed E-state index contributed by atoms with van der Waals surface area (Å²) in [5, 5.41) is 26.5. The average molecular weight is 257 g/mol. The lowest BCUT2D eigenvalue weighted by Gasteiger charge is -2.13. The van der Waals surface area contributed by atoms with Gasteiger partial charge in [0, 0.05) is 5.56 Å². The molecule has 1 aromatic rings. The molecule has 0 aliphatic heterocycles. The Morgan fingerprint density at radius 3 is 2.50 bits per heavy atom. The zero-order chi connectivity index (χ0) is 13.7. The number of rotatable bonds is 5. The van der Waals surface area contributed by atoms with Gasteiger partial charge < -0.3 is 14.9 Å². The van der Waals surface area contributed by atoms with E-state index in [9.17, 15) is 13.6 Å². The van der Waals surface area contributed by atoms with Crippen molar-refractivity contribution in [2.45, 2.75) is 19.6 Å². The zero-order valence-electron chi connectivity index (χ0n) is 9.06. The SMILES string of the molecule is N#Cc1c(CC(=O)O)ccc(CO)c1OC(F)F. The predicted molar refractivity (Wildman–Crippen MR) is 55.1 cm³/mol. The highest BCUT2D eigenvalue weighted by molar-refractivity contribution is 5.72. The minimum atomic E-state index is -3.16. The van der Waals surface area contributed by atoms with Crippen LogP contribution < -0.4 is 4.74 Å². The molecule has 96 valence electrons. The summed E-state index contributed by atoms with van der Waals surface area (Å²) in [5.74, 6) is -1.68. The van der Waals surface area contributed by atoms with E-state index in [1.807, 2.05) is 0 Å². The number of ether oxygens (including phenoxy) is 1. The monoisotopic (exact) mass is 257 g/mol. The molecule has 0 aliphatic carbocycles. The molecule has 0 aromatic heterocycles. The van der Waals surface area contributed by atoms with Crippen LogP contribution >= 0.6 is 0 Å². The Balaban J connectivity index is 3.33. The Morgan fingerprint density at radius 2 is 2.06 bits per heavy atom. The van der Waals surface area contributed by atoms with Crippen molar-refractivity contribution in [2.24, 2.45) is 0 Å². The number of halogens is 2. The van der Waals surface area contributed by atoms with E-state index in [0.29, 0.717) is 0 Å². The maximum absolute atomic E-state index is 12.2. The first-order chi connectivity index (χ1) is 8.49. The van der Waals surface area contributed by atoms with Gasteiger partial charge in [0.15, 0.2) is 0 Å². The van der Waals surface area contributed by atoms with Gasteiger partial charge in [0.1, 0.15) is 11.8 Å². The molecule has 1 rings (SSSR count). The number of carbonyl (C=O) groups is 1. The lowest BCUT2D eigenvalue weighted by atomic mass is 10.0. The molecule has 5 nitrogen and oxygen atoms in total. The third-order valence-corrected chi connectivity index (χ3v) is 2.16. The summed E-state index contributed by atoms with van der Waals surface area (Å²) >= 11 is 0. The number of nitrogens with zero attached hydrogens (tertiary/aromatic N) is 1. The topological polar surface area (TPSA) is 90.6 Å². The van der Waals surface area contributed by atoms with Gasteiger partial charge in [-0.3, -0.25) is 4.79 Å². The number of hydrogen-bond acceptors (Lipinski definition) is 4. The van der Waals surface area contributed by atoms with Crippen molar-refractivity contribution < 1.29 is 28.5 Å². The van der Waals surface area contributed by atoms with Crippen LogP contribution in [0.3, 0.4) is 0 Å². The van der Waals surface area contributed by atoms with Crippen LogP contribution in [0.15, 0.2) is 12.1 Å². The summed E-state index contributed by atoms with van der Waals surface area (Å²) in [5.41, 5.74) is -0.247. The van der Waals surface area contributed by atoms with Gasteiger partial charge >= 0.3 is 12.6 Å². The van der Waals surface area contributed by atoms with Crippen molar-refractivity contribution in [1.29, 1.82) is 5.26 Å². The van der Waals surface area contributed by atoms with Gasteiger partial charge in [-0.25, -0.2) is 0 Å². The van der Waals surface area contributed by atoms with E-state index in [2.05, 4.69) is 4.74 Å². The van der Waals surface area contributed by atoms with Crippen molar-refractivity contribution in [1.82, 2.24) is 0 Å².